The van der Waals surface area contributed by atoms with Gasteiger partial charge < -0.3 is 15.2 Å². The van der Waals surface area contributed by atoms with Gasteiger partial charge in [-0.3, -0.25) is 0 Å². The Kier molecular flexibility index (Phi) is 5.67. The molecule has 4 nitrogen and oxygen atoms in total. The minimum atomic E-state index is -0.539. The van der Waals surface area contributed by atoms with Crippen LogP contribution in [0.2, 0.25) is 0 Å². The van der Waals surface area contributed by atoms with Crippen LogP contribution in [0.3, 0.4) is 0 Å². The van der Waals surface area contributed by atoms with E-state index in [0.29, 0.717) is 6.61 Å². The Labute approximate surface area is 166 Å². The molecule has 0 spiro atoms. The molecule has 2 aliphatic carbocycles. The van der Waals surface area contributed by atoms with E-state index in [-0.39, 0.29) is 12.5 Å². The fraction of sp³-hybridized carbons (Fsp3) is 0.458. The van der Waals surface area contributed by atoms with E-state index in [1.54, 1.807) is 0 Å². The number of carbonyl (C=O) groups excluding carboxylic acids is 1. The Morgan fingerprint density at radius 2 is 1.46 bits per heavy atom. The molecule has 0 aliphatic heterocycles. The molecule has 148 valence electrons. The monoisotopic (exact) mass is 379 g/mol. The third-order valence-corrected chi connectivity index (χ3v) is 6.32. The molecule has 0 atom stereocenters. The van der Waals surface area contributed by atoms with Crippen molar-refractivity contribution in [3.8, 4) is 11.1 Å². The van der Waals surface area contributed by atoms with Gasteiger partial charge in [-0.2, -0.15) is 0 Å². The summed E-state index contributed by atoms with van der Waals surface area (Å²) in [7, 11) is 0. The average molecular weight is 380 g/mol. The average Bonchev–Trinajstić information content (AvgIpc) is 3.03. The van der Waals surface area contributed by atoms with Gasteiger partial charge in [-0.25, -0.2) is 4.79 Å². The number of benzene rings is 2. The van der Waals surface area contributed by atoms with Gasteiger partial charge in [0.05, 0.1) is 12.1 Å². The van der Waals surface area contributed by atoms with Crippen molar-refractivity contribution in [1.82, 2.24) is 5.32 Å². The number of aliphatic hydroxyl groups is 1. The molecule has 2 aliphatic rings. The van der Waals surface area contributed by atoms with Crippen molar-refractivity contribution in [2.75, 3.05) is 13.2 Å². The summed E-state index contributed by atoms with van der Waals surface area (Å²) in [6.45, 7) is 0.276. The predicted octanol–water partition coefficient (Wildman–Crippen LogP) is 5.00. The maximum absolute atomic E-state index is 12.6. The van der Waals surface area contributed by atoms with Gasteiger partial charge in [0.2, 0.25) is 0 Å². The summed E-state index contributed by atoms with van der Waals surface area (Å²) in [6, 6.07) is 16.7. The normalized spacial score (nSPS) is 18.5. The SMILES string of the molecule is O=C(NC1(CO)CCCCCCC1)OCC1c2ccccc2-c2ccccc21. The summed E-state index contributed by atoms with van der Waals surface area (Å²) in [6.07, 6.45) is 6.83. The quantitative estimate of drug-likeness (QED) is 0.786. The van der Waals surface area contributed by atoms with E-state index < -0.39 is 11.6 Å². The molecule has 1 saturated carbocycles. The van der Waals surface area contributed by atoms with E-state index in [4.69, 9.17) is 4.74 Å². The number of rotatable bonds is 4. The molecular weight excluding hydrogens is 350 g/mol. The zero-order chi connectivity index (χ0) is 19.4. The summed E-state index contributed by atoms with van der Waals surface area (Å²) in [5.74, 6) is 0.0561. The standard InChI is InChI=1S/C24H29NO3/c26-17-24(14-8-2-1-3-9-15-24)25-23(27)28-16-22-20-12-6-4-10-18(20)19-11-5-7-13-21(19)22/h4-7,10-13,22,26H,1-3,8-9,14-17H2,(H,25,27). The highest BCUT2D eigenvalue weighted by molar-refractivity contribution is 5.79. The van der Waals surface area contributed by atoms with Crippen molar-refractivity contribution in [3.63, 3.8) is 0 Å². The number of alkyl carbamates (subject to hydrolysis) is 1. The zero-order valence-corrected chi connectivity index (χ0v) is 16.3. The second kappa shape index (κ2) is 8.36. The highest BCUT2D eigenvalue weighted by atomic mass is 16.5. The first-order valence-electron chi connectivity index (χ1n) is 10.5. The lowest BCUT2D eigenvalue weighted by atomic mass is 9.84. The fourth-order valence-corrected chi connectivity index (χ4v) is 4.76. The van der Waals surface area contributed by atoms with Crippen LogP contribution >= 0.6 is 0 Å². The number of fused-ring (bicyclic) bond motifs is 3. The van der Waals surface area contributed by atoms with Crippen molar-refractivity contribution in [2.24, 2.45) is 0 Å². The number of ether oxygens (including phenoxy) is 1. The molecule has 0 bridgehead atoms. The molecule has 0 heterocycles. The summed E-state index contributed by atoms with van der Waals surface area (Å²) < 4.78 is 5.68. The van der Waals surface area contributed by atoms with E-state index >= 15 is 0 Å². The molecule has 0 aromatic heterocycles. The smallest absolute Gasteiger partial charge is 0.407 e. The first kappa shape index (κ1) is 19.0. The molecule has 1 amide bonds. The molecule has 0 unspecified atom stereocenters. The van der Waals surface area contributed by atoms with E-state index in [0.717, 1.165) is 38.5 Å². The number of amides is 1. The van der Waals surface area contributed by atoms with Crippen LogP contribution < -0.4 is 5.32 Å². The summed E-state index contributed by atoms with van der Waals surface area (Å²) in [5.41, 5.74) is 4.32. The highest BCUT2D eigenvalue weighted by Gasteiger charge is 2.33. The molecule has 0 saturated heterocycles. The van der Waals surface area contributed by atoms with Crippen molar-refractivity contribution >= 4 is 6.09 Å². The van der Waals surface area contributed by atoms with Gasteiger partial charge in [-0.1, -0.05) is 80.6 Å². The zero-order valence-electron chi connectivity index (χ0n) is 16.3. The van der Waals surface area contributed by atoms with Crippen LogP contribution in [0, 0.1) is 0 Å². The largest absolute Gasteiger partial charge is 0.449 e. The molecule has 2 N–H and O–H groups in total. The maximum Gasteiger partial charge on any atom is 0.407 e. The molecule has 2 aromatic rings. The molecular formula is C24H29NO3. The van der Waals surface area contributed by atoms with Crippen molar-refractivity contribution in [3.05, 3.63) is 59.7 Å². The number of aliphatic hydroxyl groups excluding tert-OH is 1. The van der Waals surface area contributed by atoms with Gasteiger partial charge in [0.25, 0.3) is 0 Å². The van der Waals surface area contributed by atoms with Crippen LogP contribution in [0.1, 0.15) is 62.0 Å². The Hall–Kier alpha value is -2.33. The van der Waals surface area contributed by atoms with Gasteiger partial charge in [0.15, 0.2) is 0 Å². The van der Waals surface area contributed by atoms with Crippen molar-refractivity contribution in [1.29, 1.82) is 0 Å². The van der Waals surface area contributed by atoms with Gasteiger partial charge in [-0.15, -0.1) is 0 Å². The van der Waals surface area contributed by atoms with Crippen molar-refractivity contribution < 1.29 is 14.6 Å². The summed E-state index contributed by atoms with van der Waals surface area (Å²) in [4.78, 5) is 12.6. The number of hydrogen-bond donors (Lipinski definition) is 2. The van der Waals surface area contributed by atoms with Crippen LogP contribution in [0.4, 0.5) is 4.79 Å². The van der Waals surface area contributed by atoms with Crippen LogP contribution in [0.15, 0.2) is 48.5 Å². The first-order chi connectivity index (χ1) is 13.7. The van der Waals surface area contributed by atoms with Crippen LogP contribution in [-0.2, 0) is 4.74 Å². The van der Waals surface area contributed by atoms with E-state index in [9.17, 15) is 9.90 Å². The number of hydrogen-bond acceptors (Lipinski definition) is 3. The van der Waals surface area contributed by atoms with E-state index in [2.05, 4.69) is 29.6 Å². The Balaban J connectivity index is 1.45. The van der Waals surface area contributed by atoms with Crippen LogP contribution in [0.5, 0.6) is 0 Å². The lowest BCUT2D eigenvalue weighted by Crippen LogP contribution is -2.52. The third kappa shape index (κ3) is 3.79. The summed E-state index contributed by atoms with van der Waals surface area (Å²) >= 11 is 0. The minimum Gasteiger partial charge on any atom is -0.449 e. The van der Waals surface area contributed by atoms with E-state index in [1.807, 2.05) is 24.3 Å². The fourth-order valence-electron chi connectivity index (χ4n) is 4.76. The van der Waals surface area contributed by atoms with Gasteiger partial charge >= 0.3 is 6.09 Å². The van der Waals surface area contributed by atoms with E-state index in [1.165, 1.54) is 28.7 Å². The van der Waals surface area contributed by atoms with Gasteiger partial charge in [-0.05, 0) is 35.1 Å². The van der Waals surface area contributed by atoms with Gasteiger partial charge in [0, 0.05) is 5.92 Å². The second-order valence-corrected chi connectivity index (χ2v) is 8.16. The molecule has 0 radical (unpaired) electrons. The Bertz CT molecular complexity index is 779. The Morgan fingerprint density at radius 1 is 0.929 bits per heavy atom. The predicted molar refractivity (Wildman–Crippen MR) is 110 cm³/mol. The molecule has 28 heavy (non-hydrogen) atoms. The molecule has 4 rings (SSSR count). The Morgan fingerprint density at radius 3 is 2.04 bits per heavy atom. The molecule has 1 fully saturated rings. The molecule has 4 heteroatoms. The van der Waals surface area contributed by atoms with Crippen LogP contribution in [0.25, 0.3) is 11.1 Å². The minimum absolute atomic E-state index is 0.0306. The lowest BCUT2D eigenvalue weighted by molar-refractivity contribution is 0.0961. The first-order valence-corrected chi connectivity index (χ1v) is 10.5. The van der Waals surface area contributed by atoms with Gasteiger partial charge in [0.1, 0.15) is 6.61 Å². The third-order valence-electron chi connectivity index (χ3n) is 6.32. The number of nitrogens with one attached hydrogen (secondary N) is 1. The lowest BCUT2D eigenvalue weighted by Gasteiger charge is -2.34. The molecule has 2 aromatic carbocycles. The maximum atomic E-state index is 12.6. The second-order valence-electron chi connectivity index (χ2n) is 8.16. The van der Waals surface area contributed by atoms with Crippen LogP contribution in [-0.4, -0.2) is 30.0 Å². The summed E-state index contributed by atoms with van der Waals surface area (Å²) in [5, 5.41) is 13.0. The topological polar surface area (TPSA) is 58.6 Å². The van der Waals surface area contributed by atoms with Crippen molar-refractivity contribution in [2.45, 2.75) is 56.4 Å². The number of carbonyl (C=O) groups is 1. The highest BCUT2D eigenvalue weighted by Crippen LogP contribution is 2.44.